The van der Waals surface area contributed by atoms with E-state index < -0.39 is 8.80 Å². The monoisotopic (exact) mass is 258 g/mol. The van der Waals surface area contributed by atoms with E-state index in [1.54, 1.807) is 27.6 Å². The minimum Gasteiger partial charge on any atom is -0.469 e. The van der Waals surface area contributed by atoms with E-state index in [0.29, 0.717) is 0 Å². The summed E-state index contributed by atoms with van der Waals surface area (Å²) in [7, 11) is 2.61. The molecule has 1 aromatic heterocycles. The number of hydrogen-bond acceptors (Lipinski definition) is 4. The van der Waals surface area contributed by atoms with Crippen molar-refractivity contribution >= 4 is 8.80 Å². The molecule has 0 aromatic carbocycles. The van der Waals surface area contributed by atoms with Crippen molar-refractivity contribution in [3.63, 3.8) is 0 Å². The summed E-state index contributed by atoms with van der Waals surface area (Å²) in [5.74, 6) is 1.05. The molecule has 17 heavy (non-hydrogen) atoms. The molecule has 98 valence electrons. The molecule has 1 aromatic rings. The summed E-state index contributed by atoms with van der Waals surface area (Å²) in [5, 5.41) is 0. The summed E-state index contributed by atoms with van der Waals surface area (Å²) in [4.78, 5) is 0. The van der Waals surface area contributed by atoms with Gasteiger partial charge in [-0.15, -0.1) is 0 Å². The first-order valence-corrected chi connectivity index (χ1v) is 7.87. The first-order valence-electron chi connectivity index (χ1n) is 5.94. The maximum absolute atomic E-state index is 5.36. The Labute approximate surface area is 104 Å². The molecular weight excluding hydrogens is 236 g/mol. The second-order valence-corrected chi connectivity index (χ2v) is 7.03. The third-order valence-corrected chi connectivity index (χ3v) is 5.75. The van der Waals surface area contributed by atoms with Crippen molar-refractivity contribution in [3.8, 4) is 0 Å². The highest BCUT2D eigenvalue weighted by Gasteiger charge is 2.36. The number of aryl methyl sites for hydroxylation is 1. The first kappa shape index (κ1) is 14.4. The van der Waals surface area contributed by atoms with Crippen LogP contribution in [0.4, 0.5) is 0 Å². The van der Waals surface area contributed by atoms with Crippen LogP contribution in [-0.4, -0.2) is 30.1 Å². The Bertz CT molecular complexity index is 274. The minimum atomic E-state index is -2.36. The molecule has 0 radical (unpaired) electrons. The first-order chi connectivity index (χ1) is 8.26. The van der Waals surface area contributed by atoms with E-state index >= 15 is 0 Å². The lowest BCUT2D eigenvalue weighted by molar-refractivity contribution is 0.122. The summed E-state index contributed by atoms with van der Waals surface area (Å²) in [6.45, 7) is 0. The molecule has 0 saturated heterocycles. The highest BCUT2D eigenvalue weighted by atomic mass is 28.4. The van der Waals surface area contributed by atoms with Crippen molar-refractivity contribution in [2.45, 2.75) is 31.7 Å². The number of rotatable bonds is 9. The molecule has 4 nitrogen and oxygen atoms in total. The average molecular weight is 258 g/mol. The summed E-state index contributed by atoms with van der Waals surface area (Å²) >= 11 is 0. The fourth-order valence-electron chi connectivity index (χ4n) is 1.83. The molecule has 0 N–H and O–H groups in total. The molecule has 0 fully saturated rings. The Morgan fingerprint density at radius 2 is 1.76 bits per heavy atom. The number of unbranched alkanes of at least 4 members (excludes halogenated alkanes) is 2. The quantitative estimate of drug-likeness (QED) is 0.504. The van der Waals surface area contributed by atoms with Crippen LogP contribution in [0.15, 0.2) is 22.8 Å². The zero-order valence-corrected chi connectivity index (χ0v) is 11.9. The van der Waals surface area contributed by atoms with Crippen LogP contribution in [0.25, 0.3) is 0 Å². The van der Waals surface area contributed by atoms with Crippen molar-refractivity contribution in [2.24, 2.45) is 0 Å². The molecule has 1 heterocycles. The SMILES string of the molecule is CO[Si](CCCCCc1ccco1)(OC)OC. The van der Waals surface area contributed by atoms with Crippen molar-refractivity contribution in [2.75, 3.05) is 21.3 Å². The third kappa shape index (κ3) is 4.63. The third-order valence-electron chi connectivity index (χ3n) is 2.92. The Balaban J connectivity index is 2.14. The molecule has 0 unspecified atom stereocenters. The van der Waals surface area contributed by atoms with Gasteiger partial charge in [-0.3, -0.25) is 0 Å². The van der Waals surface area contributed by atoms with E-state index in [1.165, 1.54) is 0 Å². The van der Waals surface area contributed by atoms with E-state index in [4.69, 9.17) is 17.7 Å². The van der Waals surface area contributed by atoms with E-state index in [2.05, 4.69) is 0 Å². The highest BCUT2D eigenvalue weighted by molar-refractivity contribution is 6.60. The Kier molecular flexibility index (Phi) is 6.50. The maximum atomic E-state index is 5.36. The van der Waals surface area contributed by atoms with Gasteiger partial charge >= 0.3 is 8.80 Å². The summed E-state index contributed by atoms with van der Waals surface area (Å²) < 4.78 is 21.4. The molecule has 0 spiro atoms. The predicted octanol–water partition coefficient (Wildman–Crippen LogP) is 2.87. The molecular formula is C12H22O4Si. The summed E-state index contributed by atoms with van der Waals surface area (Å²) in [6.07, 6.45) is 6.02. The molecule has 0 aliphatic rings. The average Bonchev–Trinajstić information content (AvgIpc) is 2.88. The zero-order valence-electron chi connectivity index (χ0n) is 10.9. The predicted molar refractivity (Wildman–Crippen MR) is 67.9 cm³/mol. The number of furan rings is 1. The minimum absolute atomic E-state index is 0.870. The van der Waals surface area contributed by atoms with Crippen LogP contribution in [0.3, 0.4) is 0 Å². The van der Waals surface area contributed by atoms with Crippen molar-refractivity contribution < 1.29 is 17.7 Å². The molecule has 5 heteroatoms. The van der Waals surface area contributed by atoms with Gasteiger partial charge in [0.2, 0.25) is 0 Å². The molecule has 0 bridgehead atoms. The van der Waals surface area contributed by atoms with Gasteiger partial charge in [0.1, 0.15) is 5.76 Å². The maximum Gasteiger partial charge on any atom is 0.500 e. The molecule has 0 saturated carbocycles. The molecule has 0 atom stereocenters. The van der Waals surface area contributed by atoms with Crippen LogP contribution in [-0.2, 0) is 19.7 Å². The Morgan fingerprint density at radius 3 is 2.29 bits per heavy atom. The van der Waals surface area contributed by atoms with Gasteiger partial charge < -0.3 is 17.7 Å². The highest BCUT2D eigenvalue weighted by Crippen LogP contribution is 2.18. The van der Waals surface area contributed by atoms with Gasteiger partial charge in [-0.25, -0.2) is 0 Å². The van der Waals surface area contributed by atoms with Crippen LogP contribution in [0.5, 0.6) is 0 Å². The molecule has 0 amide bonds. The second kappa shape index (κ2) is 7.65. The standard InChI is InChI=1S/C12H22O4Si/c1-13-17(14-2,15-3)11-6-4-5-8-12-9-7-10-16-12/h7,9-10H,4-6,8,11H2,1-3H3. The van der Waals surface area contributed by atoms with E-state index in [9.17, 15) is 0 Å². The fraction of sp³-hybridized carbons (Fsp3) is 0.667. The van der Waals surface area contributed by atoms with Crippen molar-refractivity contribution in [1.29, 1.82) is 0 Å². The van der Waals surface area contributed by atoms with Gasteiger partial charge in [-0.2, -0.15) is 0 Å². The summed E-state index contributed by atoms with van der Waals surface area (Å²) in [6, 6.07) is 4.81. The smallest absolute Gasteiger partial charge is 0.469 e. The Morgan fingerprint density at radius 1 is 1.06 bits per heavy atom. The van der Waals surface area contributed by atoms with Gasteiger partial charge in [-0.05, 0) is 25.0 Å². The lowest BCUT2D eigenvalue weighted by atomic mass is 10.2. The van der Waals surface area contributed by atoms with E-state index in [0.717, 1.165) is 37.5 Å². The van der Waals surface area contributed by atoms with Gasteiger partial charge in [-0.1, -0.05) is 6.42 Å². The van der Waals surface area contributed by atoms with Crippen LogP contribution >= 0.6 is 0 Å². The molecule has 0 aliphatic carbocycles. The van der Waals surface area contributed by atoms with Crippen molar-refractivity contribution in [1.82, 2.24) is 0 Å². The fourth-order valence-corrected chi connectivity index (χ4v) is 3.62. The van der Waals surface area contributed by atoms with Gasteiger partial charge in [0.25, 0.3) is 0 Å². The van der Waals surface area contributed by atoms with Gasteiger partial charge in [0, 0.05) is 33.8 Å². The van der Waals surface area contributed by atoms with E-state index in [-0.39, 0.29) is 0 Å². The van der Waals surface area contributed by atoms with Crippen LogP contribution < -0.4 is 0 Å². The zero-order chi connectivity index (χ0) is 12.6. The molecule has 0 aliphatic heterocycles. The van der Waals surface area contributed by atoms with Crippen LogP contribution in [0.1, 0.15) is 25.0 Å². The topological polar surface area (TPSA) is 40.8 Å². The van der Waals surface area contributed by atoms with Crippen LogP contribution in [0, 0.1) is 0 Å². The Hall–Kier alpha value is -0.623. The van der Waals surface area contributed by atoms with Gasteiger partial charge in [0.15, 0.2) is 0 Å². The lowest BCUT2D eigenvalue weighted by Crippen LogP contribution is -2.42. The second-order valence-electron chi connectivity index (χ2n) is 3.94. The largest absolute Gasteiger partial charge is 0.500 e. The number of hydrogen-bond donors (Lipinski definition) is 0. The van der Waals surface area contributed by atoms with Gasteiger partial charge in [0.05, 0.1) is 6.26 Å². The van der Waals surface area contributed by atoms with E-state index in [1.807, 2.05) is 12.1 Å². The van der Waals surface area contributed by atoms with Crippen molar-refractivity contribution in [3.05, 3.63) is 24.2 Å². The lowest BCUT2D eigenvalue weighted by Gasteiger charge is -2.24. The van der Waals surface area contributed by atoms with Crippen LogP contribution in [0.2, 0.25) is 6.04 Å². The summed E-state index contributed by atoms with van der Waals surface area (Å²) in [5.41, 5.74) is 0. The molecule has 1 rings (SSSR count). The normalized spacial score (nSPS) is 11.9.